The first-order valence-corrected chi connectivity index (χ1v) is 4.57. The van der Waals surface area contributed by atoms with Crippen LogP contribution in [0.25, 0.3) is 0 Å². The van der Waals surface area contributed by atoms with Gasteiger partial charge in [-0.1, -0.05) is 17.7 Å². The van der Waals surface area contributed by atoms with E-state index in [4.69, 9.17) is 5.73 Å². The van der Waals surface area contributed by atoms with Crippen LogP contribution in [-0.2, 0) is 0 Å². The molecule has 1 aromatic rings. The number of hydrogen-bond acceptors (Lipinski definition) is 2. The number of rotatable bonds is 2. The molecule has 7 heteroatoms. The van der Waals surface area contributed by atoms with Gasteiger partial charge in [0, 0.05) is 5.56 Å². The van der Waals surface area contributed by atoms with Gasteiger partial charge in [0.2, 0.25) is 0 Å². The van der Waals surface area contributed by atoms with E-state index >= 15 is 0 Å². The molecule has 0 saturated heterocycles. The van der Waals surface area contributed by atoms with Gasteiger partial charge in [-0.2, -0.15) is 22.0 Å². The van der Waals surface area contributed by atoms with Crippen LogP contribution in [0.5, 0.6) is 5.75 Å². The monoisotopic (exact) mass is 255 g/mol. The minimum atomic E-state index is -5.76. The standard InChI is InChI=1S/C10H10F5NO/c1-5-2-3-7(17)6(4-5)8(16)9(11,12)10(13,14)15/h2-4,8,17H,16H2,1H3/t8-/m1/s1. The number of halogens is 5. The lowest BCUT2D eigenvalue weighted by molar-refractivity contribution is -0.291. The Kier molecular flexibility index (Phi) is 3.33. The molecule has 1 atom stereocenters. The molecule has 0 aliphatic rings. The number of phenolic OH excluding ortho intramolecular Hbond substituents is 1. The largest absolute Gasteiger partial charge is 0.508 e. The van der Waals surface area contributed by atoms with Crippen molar-refractivity contribution < 1.29 is 27.1 Å². The summed E-state index contributed by atoms with van der Waals surface area (Å²) in [4.78, 5) is 0. The highest BCUT2D eigenvalue weighted by Gasteiger charge is 2.62. The molecule has 1 aromatic carbocycles. The smallest absolute Gasteiger partial charge is 0.455 e. The Hall–Kier alpha value is -1.37. The lowest BCUT2D eigenvalue weighted by atomic mass is 9.98. The summed E-state index contributed by atoms with van der Waals surface area (Å²) in [5.74, 6) is -5.79. The summed E-state index contributed by atoms with van der Waals surface area (Å²) in [6.45, 7) is 1.49. The Labute approximate surface area is 93.9 Å². The second kappa shape index (κ2) is 4.14. The van der Waals surface area contributed by atoms with E-state index in [-0.39, 0.29) is 0 Å². The zero-order valence-electron chi connectivity index (χ0n) is 8.72. The van der Waals surface area contributed by atoms with E-state index in [1.807, 2.05) is 0 Å². The molecular formula is C10H10F5NO. The third kappa shape index (κ3) is 2.49. The van der Waals surface area contributed by atoms with Crippen molar-refractivity contribution in [2.24, 2.45) is 5.73 Å². The van der Waals surface area contributed by atoms with Crippen LogP contribution in [0.2, 0.25) is 0 Å². The first-order valence-electron chi connectivity index (χ1n) is 4.57. The van der Waals surface area contributed by atoms with Crippen LogP contribution in [0.4, 0.5) is 22.0 Å². The van der Waals surface area contributed by atoms with E-state index in [1.165, 1.54) is 13.0 Å². The van der Waals surface area contributed by atoms with Crippen LogP contribution in [0.1, 0.15) is 17.2 Å². The van der Waals surface area contributed by atoms with Crippen molar-refractivity contribution in [2.75, 3.05) is 0 Å². The Balaban J connectivity index is 3.21. The van der Waals surface area contributed by atoms with E-state index in [0.29, 0.717) is 5.56 Å². The Morgan fingerprint density at radius 3 is 2.18 bits per heavy atom. The zero-order chi connectivity index (χ0) is 13.4. The molecule has 0 fully saturated rings. The average Bonchev–Trinajstić information content (AvgIpc) is 2.19. The van der Waals surface area contributed by atoms with Crippen molar-refractivity contribution in [3.8, 4) is 5.75 Å². The third-order valence-electron chi connectivity index (χ3n) is 2.29. The molecule has 0 aliphatic carbocycles. The van der Waals surface area contributed by atoms with Gasteiger partial charge in [-0.05, 0) is 13.0 Å². The van der Waals surface area contributed by atoms with Crippen molar-refractivity contribution in [2.45, 2.75) is 25.1 Å². The molecule has 0 heterocycles. The summed E-state index contributed by atoms with van der Waals surface area (Å²) in [7, 11) is 0. The molecular weight excluding hydrogens is 245 g/mol. The fourth-order valence-corrected chi connectivity index (χ4v) is 1.29. The van der Waals surface area contributed by atoms with Gasteiger partial charge in [0.25, 0.3) is 0 Å². The number of aromatic hydroxyl groups is 1. The van der Waals surface area contributed by atoms with Gasteiger partial charge in [-0.3, -0.25) is 0 Å². The molecule has 0 unspecified atom stereocenters. The van der Waals surface area contributed by atoms with Crippen molar-refractivity contribution in [3.05, 3.63) is 29.3 Å². The van der Waals surface area contributed by atoms with E-state index < -0.39 is 29.5 Å². The lowest BCUT2D eigenvalue weighted by Crippen LogP contribution is -2.45. The topological polar surface area (TPSA) is 46.2 Å². The predicted molar refractivity (Wildman–Crippen MR) is 50.8 cm³/mol. The molecule has 0 aromatic heterocycles. The van der Waals surface area contributed by atoms with Gasteiger partial charge < -0.3 is 10.8 Å². The lowest BCUT2D eigenvalue weighted by Gasteiger charge is -2.26. The van der Waals surface area contributed by atoms with E-state index in [1.54, 1.807) is 0 Å². The number of benzene rings is 1. The number of alkyl halides is 5. The number of nitrogens with two attached hydrogens (primary N) is 1. The summed E-state index contributed by atoms with van der Waals surface area (Å²) in [5.41, 5.74) is 4.69. The third-order valence-corrected chi connectivity index (χ3v) is 2.29. The van der Waals surface area contributed by atoms with Crippen molar-refractivity contribution >= 4 is 0 Å². The Morgan fingerprint density at radius 2 is 1.71 bits per heavy atom. The van der Waals surface area contributed by atoms with Crippen LogP contribution in [0.15, 0.2) is 18.2 Å². The maximum Gasteiger partial charge on any atom is 0.455 e. The summed E-state index contributed by atoms with van der Waals surface area (Å²) >= 11 is 0. The number of aryl methyl sites for hydroxylation is 1. The van der Waals surface area contributed by atoms with Gasteiger partial charge in [0.05, 0.1) is 0 Å². The molecule has 0 bridgehead atoms. The van der Waals surface area contributed by atoms with Crippen LogP contribution in [0, 0.1) is 6.92 Å². The van der Waals surface area contributed by atoms with E-state index in [9.17, 15) is 27.1 Å². The number of phenols is 1. The Morgan fingerprint density at radius 1 is 1.18 bits per heavy atom. The fraction of sp³-hybridized carbons (Fsp3) is 0.400. The molecule has 96 valence electrons. The highest BCUT2D eigenvalue weighted by atomic mass is 19.4. The zero-order valence-corrected chi connectivity index (χ0v) is 8.72. The van der Waals surface area contributed by atoms with E-state index in [0.717, 1.165) is 12.1 Å². The van der Waals surface area contributed by atoms with Crippen molar-refractivity contribution in [3.63, 3.8) is 0 Å². The summed E-state index contributed by atoms with van der Waals surface area (Å²) in [6.07, 6.45) is -5.76. The summed E-state index contributed by atoms with van der Waals surface area (Å²) in [5, 5.41) is 9.25. The summed E-state index contributed by atoms with van der Waals surface area (Å²) < 4.78 is 62.2. The minimum Gasteiger partial charge on any atom is -0.508 e. The van der Waals surface area contributed by atoms with E-state index in [2.05, 4.69) is 0 Å². The second-order valence-corrected chi connectivity index (χ2v) is 3.66. The summed E-state index contributed by atoms with van der Waals surface area (Å²) in [6, 6.07) is 0.760. The van der Waals surface area contributed by atoms with Crippen LogP contribution in [0.3, 0.4) is 0 Å². The van der Waals surface area contributed by atoms with Crippen LogP contribution < -0.4 is 5.73 Å². The molecule has 2 nitrogen and oxygen atoms in total. The van der Waals surface area contributed by atoms with Gasteiger partial charge in [0.1, 0.15) is 11.8 Å². The first-order chi connectivity index (χ1) is 7.57. The maximum atomic E-state index is 13.0. The molecule has 0 radical (unpaired) electrons. The van der Waals surface area contributed by atoms with Crippen molar-refractivity contribution in [1.82, 2.24) is 0 Å². The van der Waals surface area contributed by atoms with Gasteiger partial charge in [-0.15, -0.1) is 0 Å². The molecule has 0 spiro atoms. The maximum absolute atomic E-state index is 13.0. The second-order valence-electron chi connectivity index (χ2n) is 3.66. The minimum absolute atomic E-state index is 0.422. The molecule has 3 N–H and O–H groups in total. The predicted octanol–water partition coefficient (Wildman–Crippen LogP) is 2.90. The Bertz CT molecular complexity index is 416. The highest BCUT2D eigenvalue weighted by molar-refractivity contribution is 5.39. The molecule has 0 amide bonds. The van der Waals surface area contributed by atoms with Gasteiger partial charge >= 0.3 is 12.1 Å². The highest BCUT2D eigenvalue weighted by Crippen LogP contribution is 2.45. The SMILES string of the molecule is Cc1ccc(O)c([C@@H](N)C(F)(F)C(F)(F)F)c1. The van der Waals surface area contributed by atoms with Gasteiger partial charge in [-0.25, -0.2) is 0 Å². The molecule has 17 heavy (non-hydrogen) atoms. The van der Waals surface area contributed by atoms with Crippen LogP contribution >= 0.6 is 0 Å². The molecule has 0 aliphatic heterocycles. The first kappa shape index (κ1) is 13.7. The quantitative estimate of drug-likeness (QED) is 0.798. The molecule has 0 saturated carbocycles. The molecule has 1 rings (SSSR count). The average molecular weight is 255 g/mol. The van der Waals surface area contributed by atoms with Crippen LogP contribution in [-0.4, -0.2) is 17.2 Å². The fourth-order valence-electron chi connectivity index (χ4n) is 1.29. The normalized spacial score (nSPS) is 14.8. The van der Waals surface area contributed by atoms with Gasteiger partial charge in [0.15, 0.2) is 0 Å². The van der Waals surface area contributed by atoms with Crippen molar-refractivity contribution in [1.29, 1.82) is 0 Å². The number of hydrogen-bond donors (Lipinski definition) is 2.